The summed E-state index contributed by atoms with van der Waals surface area (Å²) in [6.45, 7) is 4.07. The Kier molecular flexibility index (Phi) is 2.42. The van der Waals surface area contributed by atoms with Crippen molar-refractivity contribution in [1.29, 1.82) is 0 Å². The van der Waals surface area contributed by atoms with Crippen molar-refractivity contribution in [2.75, 3.05) is 0 Å². The lowest BCUT2D eigenvalue weighted by molar-refractivity contribution is -0.108. The lowest BCUT2D eigenvalue weighted by Gasteiger charge is -2.54. The predicted octanol–water partition coefficient (Wildman–Crippen LogP) is 2.90. The number of carbonyl (C=O) groups is 1. The highest BCUT2D eigenvalue weighted by atomic mass is 32.2. The second kappa shape index (κ2) is 3.92. The first-order valence-corrected chi connectivity index (χ1v) is 8.33. The average molecular weight is 296 g/mol. The Morgan fingerprint density at radius 1 is 0.905 bits per heavy atom. The van der Waals surface area contributed by atoms with E-state index >= 15 is 0 Å². The fourth-order valence-corrected chi connectivity index (χ4v) is 6.25. The van der Waals surface area contributed by atoms with E-state index in [0.29, 0.717) is 0 Å². The molecule has 3 aliphatic rings. The highest BCUT2D eigenvalue weighted by molar-refractivity contribution is 7.87. The van der Waals surface area contributed by atoms with Crippen LogP contribution in [0.3, 0.4) is 0 Å². The van der Waals surface area contributed by atoms with E-state index in [9.17, 15) is 9.00 Å². The number of carbonyl (C=O) groups excluding carboxylic acids is 1. The molecular formula is C18H16O2S. The number of hydrogen-bond donors (Lipinski definition) is 0. The standard InChI is InChI=1S/C18H16O2S/c1-17-12-7-3-5-9-14(12)18(2,21(20)16(17)11-19)15-10-6-4-8-13(15)17/h3-11,16H,1-2H3. The Balaban J connectivity index is 2.22. The van der Waals surface area contributed by atoms with Gasteiger partial charge < -0.3 is 4.79 Å². The number of aldehydes is 1. The molecule has 2 aliphatic heterocycles. The molecule has 1 aliphatic carbocycles. The van der Waals surface area contributed by atoms with E-state index < -0.39 is 26.2 Å². The van der Waals surface area contributed by atoms with Crippen molar-refractivity contribution in [3.8, 4) is 0 Å². The van der Waals surface area contributed by atoms with Gasteiger partial charge in [-0.25, -0.2) is 0 Å². The third-order valence-electron chi connectivity index (χ3n) is 5.33. The molecule has 0 amide bonds. The second-order valence-corrected chi connectivity index (χ2v) is 8.10. The van der Waals surface area contributed by atoms with E-state index in [4.69, 9.17) is 0 Å². The average Bonchev–Trinajstić information content (AvgIpc) is 2.52. The van der Waals surface area contributed by atoms with Crippen molar-refractivity contribution in [1.82, 2.24) is 0 Å². The van der Waals surface area contributed by atoms with E-state index in [1.807, 2.05) is 31.2 Å². The van der Waals surface area contributed by atoms with Gasteiger partial charge in [0.15, 0.2) is 0 Å². The molecule has 2 heterocycles. The Morgan fingerprint density at radius 2 is 1.33 bits per heavy atom. The third-order valence-corrected chi connectivity index (χ3v) is 7.62. The summed E-state index contributed by atoms with van der Waals surface area (Å²) >= 11 is 0. The fraction of sp³-hybridized carbons (Fsp3) is 0.278. The van der Waals surface area contributed by atoms with Crippen LogP contribution in [0.15, 0.2) is 48.5 Å². The summed E-state index contributed by atoms with van der Waals surface area (Å²) in [6.07, 6.45) is 0.889. The molecule has 0 saturated carbocycles. The van der Waals surface area contributed by atoms with Crippen LogP contribution >= 0.6 is 0 Å². The van der Waals surface area contributed by atoms with Crippen LogP contribution in [0, 0.1) is 0 Å². The first-order valence-electron chi connectivity index (χ1n) is 7.12. The molecule has 0 N–H and O–H groups in total. The van der Waals surface area contributed by atoms with E-state index in [2.05, 4.69) is 31.2 Å². The number of benzene rings is 2. The summed E-state index contributed by atoms with van der Waals surface area (Å²) in [4.78, 5) is 11.7. The van der Waals surface area contributed by atoms with E-state index in [1.54, 1.807) is 0 Å². The molecule has 3 heteroatoms. The first-order chi connectivity index (χ1) is 10.1. The molecule has 0 spiro atoms. The Hall–Kier alpha value is -1.74. The lowest BCUT2D eigenvalue weighted by atomic mass is 9.62. The molecule has 5 rings (SSSR count). The van der Waals surface area contributed by atoms with Crippen LogP contribution in [0.25, 0.3) is 0 Å². The van der Waals surface area contributed by atoms with Gasteiger partial charge in [-0.15, -0.1) is 0 Å². The van der Waals surface area contributed by atoms with Crippen LogP contribution in [-0.4, -0.2) is 15.7 Å². The summed E-state index contributed by atoms with van der Waals surface area (Å²) in [5.74, 6) is 0. The number of fused-ring (bicyclic) bond motifs is 1. The Morgan fingerprint density at radius 3 is 1.76 bits per heavy atom. The molecular weight excluding hydrogens is 280 g/mol. The van der Waals surface area contributed by atoms with Crippen molar-refractivity contribution >= 4 is 17.1 Å². The van der Waals surface area contributed by atoms with Crippen LogP contribution in [-0.2, 0) is 25.8 Å². The smallest absolute Gasteiger partial charge is 0.136 e. The maximum absolute atomic E-state index is 13.2. The maximum atomic E-state index is 13.2. The monoisotopic (exact) mass is 296 g/mol. The van der Waals surface area contributed by atoms with E-state index in [0.717, 1.165) is 28.5 Å². The molecule has 2 nitrogen and oxygen atoms in total. The summed E-state index contributed by atoms with van der Waals surface area (Å²) in [6, 6.07) is 16.3. The summed E-state index contributed by atoms with van der Waals surface area (Å²) in [7, 11) is -1.26. The quantitative estimate of drug-likeness (QED) is 0.758. The van der Waals surface area contributed by atoms with Crippen LogP contribution in [0.1, 0.15) is 36.1 Å². The second-order valence-electron chi connectivity index (χ2n) is 6.18. The molecule has 0 fully saturated rings. The van der Waals surface area contributed by atoms with Gasteiger partial charge in [0.1, 0.15) is 11.5 Å². The SMILES string of the molecule is CC12c3ccccc3C(C)(c3ccccc31)S(=O)C2C=O. The predicted molar refractivity (Wildman–Crippen MR) is 83.8 cm³/mol. The van der Waals surface area contributed by atoms with Crippen LogP contribution in [0.2, 0.25) is 0 Å². The molecule has 2 aromatic carbocycles. The molecule has 2 aromatic rings. The molecule has 21 heavy (non-hydrogen) atoms. The summed E-state index contributed by atoms with van der Waals surface area (Å²) < 4.78 is 12.5. The zero-order valence-corrected chi connectivity index (χ0v) is 12.8. The van der Waals surface area contributed by atoms with Crippen LogP contribution in [0.4, 0.5) is 0 Å². The maximum Gasteiger partial charge on any atom is 0.136 e. The number of rotatable bonds is 1. The Labute approximate surface area is 126 Å². The minimum Gasteiger partial charge on any atom is -0.302 e. The van der Waals surface area contributed by atoms with Gasteiger partial charge in [0.25, 0.3) is 0 Å². The largest absolute Gasteiger partial charge is 0.302 e. The van der Waals surface area contributed by atoms with Crippen molar-refractivity contribution in [2.45, 2.75) is 29.3 Å². The van der Waals surface area contributed by atoms with Crippen molar-refractivity contribution in [3.63, 3.8) is 0 Å². The zero-order chi connectivity index (χ0) is 14.8. The van der Waals surface area contributed by atoms with E-state index in [-0.39, 0.29) is 0 Å². The molecule has 106 valence electrons. The summed E-state index contributed by atoms with van der Waals surface area (Å²) in [5, 5.41) is -0.493. The van der Waals surface area contributed by atoms with Crippen LogP contribution < -0.4 is 0 Å². The van der Waals surface area contributed by atoms with E-state index in [1.165, 1.54) is 0 Å². The molecule has 0 saturated heterocycles. The third kappa shape index (κ3) is 1.25. The van der Waals surface area contributed by atoms with Crippen molar-refractivity contribution in [3.05, 3.63) is 70.8 Å². The summed E-state index contributed by atoms with van der Waals surface area (Å²) in [5.41, 5.74) is 3.98. The minimum atomic E-state index is -1.26. The molecule has 0 aromatic heterocycles. The Bertz CT molecular complexity index is 746. The van der Waals surface area contributed by atoms with Gasteiger partial charge in [0.2, 0.25) is 0 Å². The highest BCUT2D eigenvalue weighted by Gasteiger charge is 2.61. The molecule has 2 atom stereocenters. The van der Waals surface area contributed by atoms with Gasteiger partial charge >= 0.3 is 0 Å². The van der Waals surface area contributed by atoms with Crippen LogP contribution in [0.5, 0.6) is 0 Å². The topological polar surface area (TPSA) is 34.1 Å². The van der Waals surface area contributed by atoms with Gasteiger partial charge in [-0.05, 0) is 36.1 Å². The van der Waals surface area contributed by atoms with Gasteiger partial charge in [0.05, 0.1) is 4.75 Å². The first kappa shape index (κ1) is 13.0. The van der Waals surface area contributed by atoms with Gasteiger partial charge in [-0.3, -0.25) is 4.21 Å². The number of hydrogen-bond acceptors (Lipinski definition) is 2. The van der Waals surface area contributed by atoms with Crippen molar-refractivity contribution < 1.29 is 9.00 Å². The normalized spacial score (nSPS) is 35.9. The molecule has 2 unspecified atom stereocenters. The lowest BCUT2D eigenvalue weighted by Crippen LogP contribution is -2.59. The molecule has 0 radical (unpaired) electrons. The van der Waals surface area contributed by atoms with Gasteiger partial charge in [0, 0.05) is 16.2 Å². The fourth-order valence-electron chi connectivity index (χ4n) is 4.17. The van der Waals surface area contributed by atoms with Gasteiger partial charge in [-0.2, -0.15) is 0 Å². The van der Waals surface area contributed by atoms with Crippen molar-refractivity contribution in [2.24, 2.45) is 0 Å². The molecule has 2 bridgehead atoms. The highest BCUT2D eigenvalue weighted by Crippen LogP contribution is 2.59. The van der Waals surface area contributed by atoms with Gasteiger partial charge in [-0.1, -0.05) is 48.5 Å². The zero-order valence-electron chi connectivity index (χ0n) is 12.0. The minimum absolute atomic E-state index is 0.493.